The molecule has 1 aromatic heterocycles. The molecule has 0 aliphatic carbocycles. The summed E-state index contributed by atoms with van der Waals surface area (Å²) < 4.78 is 6.01. The van der Waals surface area contributed by atoms with Gasteiger partial charge < -0.3 is 10.1 Å². The molecule has 6 nitrogen and oxygen atoms in total. The summed E-state index contributed by atoms with van der Waals surface area (Å²) in [6.45, 7) is 3.01. The van der Waals surface area contributed by atoms with Gasteiger partial charge >= 0.3 is 0 Å². The number of rotatable bonds is 6. The Bertz CT molecular complexity index is 649. The van der Waals surface area contributed by atoms with E-state index >= 15 is 0 Å². The van der Waals surface area contributed by atoms with Gasteiger partial charge in [0, 0.05) is 24.4 Å². The van der Waals surface area contributed by atoms with Gasteiger partial charge in [0.15, 0.2) is 0 Å². The number of benzene rings is 1. The summed E-state index contributed by atoms with van der Waals surface area (Å²) in [6.07, 6.45) is 1.70. The highest BCUT2D eigenvalue weighted by Crippen LogP contribution is 2.34. The van der Waals surface area contributed by atoms with Crippen molar-refractivity contribution in [2.75, 3.05) is 11.9 Å². The molecule has 0 saturated heterocycles. The van der Waals surface area contributed by atoms with Crippen LogP contribution in [0.2, 0.25) is 0 Å². The van der Waals surface area contributed by atoms with E-state index in [4.69, 9.17) is 4.74 Å². The predicted octanol–water partition coefficient (Wildman–Crippen LogP) is 3.76. The molecule has 0 atom stereocenters. The second-order valence-electron chi connectivity index (χ2n) is 4.18. The topological polar surface area (TPSA) is 77.3 Å². The lowest BCUT2D eigenvalue weighted by molar-refractivity contribution is -0.385. The van der Waals surface area contributed by atoms with Crippen molar-refractivity contribution < 1.29 is 9.66 Å². The molecule has 2 aromatic rings. The van der Waals surface area contributed by atoms with Crippen LogP contribution in [0.3, 0.4) is 0 Å². The minimum atomic E-state index is -0.453. The fraction of sp³-hybridized carbons (Fsp3) is 0.214. The summed E-state index contributed by atoms with van der Waals surface area (Å²) in [5.74, 6) is 1.18. The normalized spacial score (nSPS) is 10.2. The summed E-state index contributed by atoms with van der Waals surface area (Å²) in [4.78, 5) is 14.7. The van der Waals surface area contributed by atoms with Crippen LogP contribution < -0.4 is 10.1 Å². The first-order valence-electron chi connectivity index (χ1n) is 6.37. The fourth-order valence-electron chi connectivity index (χ4n) is 1.79. The van der Waals surface area contributed by atoms with Gasteiger partial charge in [-0.05, 0) is 35.0 Å². The van der Waals surface area contributed by atoms with Gasteiger partial charge in [-0.25, -0.2) is 4.98 Å². The molecule has 0 unspecified atom stereocenters. The van der Waals surface area contributed by atoms with E-state index in [1.165, 1.54) is 6.07 Å². The summed E-state index contributed by atoms with van der Waals surface area (Å²) in [6, 6.07) is 8.41. The largest absolute Gasteiger partial charge is 0.487 e. The van der Waals surface area contributed by atoms with Gasteiger partial charge in [0.2, 0.25) is 0 Å². The lowest BCUT2D eigenvalue weighted by Gasteiger charge is -2.11. The van der Waals surface area contributed by atoms with Gasteiger partial charge in [-0.1, -0.05) is 12.1 Å². The lowest BCUT2D eigenvalue weighted by Crippen LogP contribution is -2.06. The number of pyridine rings is 1. The van der Waals surface area contributed by atoms with Crippen molar-refractivity contribution in [2.45, 2.75) is 13.5 Å². The molecule has 1 aromatic carbocycles. The zero-order valence-electron chi connectivity index (χ0n) is 11.4. The molecule has 0 fully saturated rings. The molecule has 0 spiro atoms. The lowest BCUT2D eigenvalue weighted by atomic mass is 10.2. The van der Waals surface area contributed by atoms with Crippen molar-refractivity contribution >= 4 is 27.4 Å². The standard InChI is InChI=1S/C14H14BrN3O3/c1-2-16-14-10(5-4-8-17-14)9-21-12-7-3-6-11(13(12)15)18(19)20/h3-8H,2,9H2,1H3,(H,16,17). The van der Waals surface area contributed by atoms with Crippen LogP contribution >= 0.6 is 15.9 Å². The molecule has 7 heteroatoms. The van der Waals surface area contributed by atoms with E-state index in [2.05, 4.69) is 26.2 Å². The molecular weight excluding hydrogens is 338 g/mol. The van der Waals surface area contributed by atoms with Gasteiger partial charge in [-0.3, -0.25) is 10.1 Å². The van der Waals surface area contributed by atoms with Gasteiger partial charge in [0.25, 0.3) is 5.69 Å². The number of hydrogen-bond acceptors (Lipinski definition) is 5. The van der Waals surface area contributed by atoms with Crippen LogP contribution in [-0.4, -0.2) is 16.5 Å². The van der Waals surface area contributed by atoms with Crippen molar-refractivity contribution in [1.82, 2.24) is 4.98 Å². The maximum Gasteiger partial charge on any atom is 0.287 e. The summed E-state index contributed by atoms with van der Waals surface area (Å²) in [5, 5.41) is 14.0. The number of nitro groups is 1. The quantitative estimate of drug-likeness (QED) is 0.633. The van der Waals surface area contributed by atoms with Crippen LogP contribution in [0.4, 0.5) is 11.5 Å². The highest BCUT2D eigenvalue weighted by Gasteiger charge is 2.16. The molecule has 0 saturated carbocycles. The Balaban J connectivity index is 2.17. The van der Waals surface area contributed by atoms with Crippen LogP contribution in [0.15, 0.2) is 41.0 Å². The third-order valence-corrected chi connectivity index (χ3v) is 3.56. The third-order valence-electron chi connectivity index (χ3n) is 2.76. The first-order valence-corrected chi connectivity index (χ1v) is 7.16. The Morgan fingerprint density at radius 3 is 2.90 bits per heavy atom. The second kappa shape index (κ2) is 7.03. The van der Waals surface area contributed by atoms with E-state index in [9.17, 15) is 10.1 Å². The minimum absolute atomic E-state index is 0.0226. The monoisotopic (exact) mass is 351 g/mol. The molecule has 110 valence electrons. The van der Waals surface area contributed by atoms with Gasteiger partial charge in [0.05, 0.1) is 4.92 Å². The van der Waals surface area contributed by atoms with Gasteiger partial charge in [-0.2, -0.15) is 0 Å². The Labute approximate surface area is 130 Å². The zero-order valence-corrected chi connectivity index (χ0v) is 13.0. The SMILES string of the molecule is CCNc1ncccc1COc1cccc([N+](=O)[O-])c1Br. The average Bonchev–Trinajstić information content (AvgIpc) is 2.47. The maximum atomic E-state index is 10.9. The van der Waals surface area contributed by atoms with Crippen LogP contribution in [0.1, 0.15) is 12.5 Å². The van der Waals surface area contributed by atoms with Crippen molar-refractivity contribution in [3.63, 3.8) is 0 Å². The predicted molar refractivity (Wildman–Crippen MR) is 83.5 cm³/mol. The molecule has 0 amide bonds. The van der Waals surface area contributed by atoms with E-state index < -0.39 is 4.92 Å². The Morgan fingerprint density at radius 1 is 1.38 bits per heavy atom. The number of nitrogens with zero attached hydrogens (tertiary/aromatic N) is 2. The number of nitrogens with one attached hydrogen (secondary N) is 1. The van der Waals surface area contributed by atoms with Crippen LogP contribution in [0.25, 0.3) is 0 Å². The van der Waals surface area contributed by atoms with E-state index in [0.29, 0.717) is 10.2 Å². The number of nitro benzene ring substituents is 1. The van der Waals surface area contributed by atoms with Crippen LogP contribution in [-0.2, 0) is 6.61 Å². The van der Waals surface area contributed by atoms with Crippen molar-refractivity contribution in [2.24, 2.45) is 0 Å². The van der Waals surface area contributed by atoms with Crippen molar-refractivity contribution in [1.29, 1.82) is 0 Å². The summed E-state index contributed by atoms with van der Waals surface area (Å²) in [7, 11) is 0. The number of aromatic nitrogens is 1. The molecule has 0 bridgehead atoms. The minimum Gasteiger partial charge on any atom is -0.487 e. The molecule has 1 N–H and O–H groups in total. The summed E-state index contributed by atoms with van der Waals surface area (Å²) >= 11 is 3.21. The van der Waals surface area contributed by atoms with E-state index in [0.717, 1.165) is 17.9 Å². The van der Waals surface area contributed by atoms with Crippen molar-refractivity contribution in [3.8, 4) is 5.75 Å². The smallest absolute Gasteiger partial charge is 0.287 e. The summed E-state index contributed by atoms with van der Waals surface area (Å²) in [5.41, 5.74) is 0.864. The van der Waals surface area contributed by atoms with E-state index in [1.54, 1.807) is 18.3 Å². The Hall–Kier alpha value is -2.15. The molecule has 0 aliphatic heterocycles. The number of halogens is 1. The zero-order chi connectivity index (χ0) is 15.2. The molecule has 0 aliphatic rings. The van der Waals surface area contributed by atoms with Crippen molar-refractivity contribution in [3.05, 3.63) is 56.7 Å². The molecule has 21 heavy (non-hydrogen) atoms. The Kier molecular flexibility index (Phi) is 5.10. The third kappa shape index (κ3) is 3.69. The van der Waals surface area contributed by atoms with E-state index in [-0.39, 0.29) is 12.3 Å². The maximum absolute atomic E-state index is 10.9. The second-order valence-corrected chi connectivity index (χ2v) is 4.97. The van der Waals surface area contributed by atoms with E-state index in [1.807, 2.05) is 19.1 Å². The first-order chi connectivity index (χ1) is 10.1. The fourth-order valence-corrected chi connectivity index (χ4v) is 2.31. The van der Waals surface area contributed by atoms with Gasteiger partial charge in [0.1, 0.15) is 22.6 Å². The highest BCUT2D eigenvalue weighted by atomic mass is 79.9. The first kappa shape index (κ1) is 15.2. The molecule has 2 rings (SSSR count). The molecule has 0 radical (unpaired) electrons. The number of anilines is 1. The number of ether oxygens (including phenoxy) is 1. The van der Waals surface area contributed by atoms with Crippen LogP contribution in [0.5, 0.6) is 5.75 Å². The highest BCUT2D eigenvalue weighted by molar-refractivity contribution is 9.10. The van der Waals surface area contributed by atoms with Crippen LogP contribution in [0, 0.1) is 10.1 Å². The Morgan fingerprint density at radius 2 is 2.19 bits per heavy atom. The molecular formula is C14H14BrN3O3. The molecule has 1 heterocycles. The average molecular weight is 352 g/mol. The van der Waals surface area contributed by atoms with Gasteiger partial charge in [-0.15, -0.1) is 0 Å². The number of hydrogen-bond donors (Lipinski definition) is 1.